The third kappa shape index (κ3) is 6.58. The van der Waals surface area contributed by atoms with Gasteiger partial charge in [0.2, 0.25) is 0 Å². The summed E-state index contributed by atoms with van der Waals surface area (Å²) in [5, 5.41) is 16.2. The molecule has 6 unspecified atom stereocenters. The van der Waals surface area contributed by atoms with Gasteiger partial charge in [-0.25, -0.2) is 4.79 Å². The van der Waals surface area contributed by atoms with E-state index < -0.39 is 5.97 Å². The topological polar surface area (TPSA) is 85.0 Å². The molecule has 1 heterocycles. The average molecular weight is 599 g/mol. The quantitative estimate of drug-likeness (QED) is 0.197. The number of benzene rings is 2. The average Bonchev–Trinajstić information content (AvgIpc) is 3.09. The molecule has 1 fully saturated rings. The highest BCUT2D eigenvalue weighted by atomic mass is 35.5. The van der Waals surface area contributed by atoms with Crippen molar-refractivity contribution in [3.63, 3.8) is 0 Å². The molecule has 6 nitrogen and oxygen atoms in total. The molecule has 3 N–H and O–H groups in total. The molecule has 2 aromatic carbocycles. The van der Waals surface area contributed by atoms with Gasteiger partial charge in [0.15, 0.2) is 0 Å². The molecule has 8 heteroatoms. The fourth-order valence-corrected chi connectivity index (χ4v) is 7.66. The Kier molecular flexibility index (Phi) is 9.90. The SMILES string of the molecule is CCCc1cc(Cl)ccc1C1COc2ccc(C(=O)O)cc2N(CC2CCC2C(OC)C2=CC(C(C)CSN)C2)C1. The first-order valence-electron chi connectivity index (χ1n) is 14.9. The molecule has 1 aliphatic heterocycles. The van der Waals surface area contributed by atoms with Gasteiger partial charge < -0.3 is 19.5 Å². The van der Waals surface area contributed by atoms with Gasteiger partial charge in [0.05, 0.1) is 24.0 Å². The molecule has 2 aromatic rings. The second kappa shape index (κ2) is 13.4. The van der Waals surface area contributed by atoms with Crippen LogP contribution in [0.5, 0.6) is 5.75 Å². The molecule has 0 radical (unpaired) electrons. The Labute approximate surface area is 253 Å². The Morgan fingerprint density at radius 2 is 2.07 bits per heavy atom. The van der Waals surface area contributed by atoms with Gasteiger partial charge in [-0.1, -0.05) is 56.0 Å². The summed E-state index contributed by atoms with van der Waals surface area (Å²) >= 11 is 7.82. The highest BCUT2D eigenvalue weighted by Gasteiger charge is 2.43. The number of carbonyl (C=O) groups is 1. The molecule has 3 aliphatic rings. The summed E-state index contributed by atoms with van der Waals surface area (Å²) in [4.78, 5) is 14.3. The predicted octanol–water partition coefficient (Wildman–Crippen LogP) is 7.20. The molecule has 0 aromatic heterocycles. The molecule has 2 aliphatic carbocycles. The van der Waals surface area contributed by atoms with E-state index in [0.29, 0.717) is 30.3 Å². The number of anilines is 1. The van der Waals surface area contributed by atoms with Crippen molar-refractivity contribution in [2.24, 2.45) is 28.8 Å². The van der Waals surface area contributed by atoms with E-state index >= 15 is 0 Å². The van der Waals surface area contributed by atoms with Crippen molar-refractivity contribution in [1.29, 1.82) is 0 Å². The summed E-state index contributed by atoms with van der Waals surface area (Å²) in [6.07, 6.45) is 7.93. The van der Waals surface area contributed by atoms with Gasteiger partial charge in [0, 0.05) is 36.9 Å². The minimum atomic E-state index is -0.925. The Bertz CT molecular complexity index is 1270. The summed E-state index contributed by atoms with van der Waals surface area (Å²) in [6.45, 7) is 6.60. The Balaban J connectivity index is 1.40. The number of ether oxygens (including phenoxy) is 2. The van der Waals surface area contributed by atoms with Gasteiger partial charge in [-0.3, -0.25) is 5.14 Å². The van der Waals surface area contributed by atoms with Crippen molar-refractivity contribution in [2.75, 3.05) is 37.5 Å². The molecule has 0 saturated heterocycles. The molecule has 222 valence electrons. The number of hydrogen-bond acceptors (Lipinski definition) is 6. The number of fused-ring (bicyclic) bond motifs is 1. The largest absolute Gasteiger partial charge is 0.491 e. The van der Waals surface area contributed by atoms with Gasteiger partial charge in [0.1, 0.15) is 5.75 Å². The van der Waals surface area contributed by atoms with E-state index in [-0.39, 0.29) is 17.6 Å². The van der Waals surface area contributed by atoms with E-state index in [1.807, 2.05) is 19.2 Å². The molecular formula is C33H43ClN2O4S. The summed E-state index contributed by atoms with van der Waals surface area (Å²) < 4.78 is 12.5. The Hall–Kier alpha value is -2.19. The molecule has 0 bridgehead atoms. The number of nitrogens with two attached hydrogens (primary N) is 1. The standard InChI is InChI=1S/C33H43ClN2O4S/c1-4-5-21-14-27(34)8-10-28(21)26-17-36(30-15-22(33(37)38)7-11-31(30)40-18-26)16-23-6-9-29(23)32(39-3)25-12-24(13-25)20(2)19-41-35/h7-8,10-12,14-15,20,23-24,26,29,32H,4-6,9,13,16-19,35H2,1-3H3,(H,37,38). The van der Waals surface area contributed by atoms with E-state index in [9.17, 15) is 9.90 Å². The predicted molar refractivity (Wildman–Crippen MR) is 168 cm³/mol. The van der Waals surface area contributed by atoms with E-state index in [0.717, 1.165) is 67.4 Å². The number of rotatable bonds is 12. The highest BCUT2D eigenvalue weighted by molar-refractivity contribution is 7.97. The second-order valence-electron chi connectivity index (χ2n) is 12.1. The van der Waals surface area contributed by atoms with Crippen molar-refractivity contribution in [3.8, 4) is 5.75 Å². The number of aromatic carboxylic acids is 1. The van der Waals surface area contributed by atoms with Crippen LogP contribution in [0.1, 0.15) is 66.9 Å². The minimum absolute atomic E-state index is 0.138. The number of carboxylic acids is 1. The molecule has 0 spiro atoms. The fourth-order valence-electron chi connectivity index (χ4n) is 6.92. The first kappa shape index (κ1) is 30.3. The van der Waals surface area contributed by atoms with Gasteiger partial charge in [-0.15, -0.1) is 0 Å². The van der Waals surface area contributed by atoms with E-state index in [1.165, 1.54) is 28.6 Å². The third-order valence-electron chi connectivity index (χ3n) is 9.42. The molecule has 0 amide bonds. The van der Waals surface area contributed by atoms with Crippen molar-refractivity contribution in [2.45, 2.75) is 58.0 Å². The maximum absolute atomic E-state index is 11.9. The summed E-state index contributed by atoms with van der Waals surface area (Å²) in [6, 6.07) is 11.4. The van der Waals surface area contributed by atoms with Gasteiger partial charge >= 0.3 is 5.97 Å². The minimum Gasteiger partial charge on any atom is -0.491 e. The lowest BCUT2D eigenvalue weighted by Crippen LogP contribution is -2.46. The van der Waals surface area contributed by atoms with Crippen molar-refractivity contribution in [1.82, 2.24) is 0 Å². The smallest absolute Gasteiger partial charge is 0.335 e. The van der Waals surface area contributed by atoms with E-state index in [2.05, 4.69) is 37.0 Å². The molecule has 41 heavy (non-hydrogen) atoms. The maximum atomic E-state index is 11.9. The van der Waals surface area contributed by atoms with Crippen LogP contribution < -0.4 is 14.8 Å². The Morgan fingerprint density at radius 3 is 2.73 bits per heavy atom. The number of allylic oxidation sites excluding steroid dienone is 1. The zero-order valence-electron chi connectivity index (χ0n) is 24.4. The molecule has 1 saturated carbocycles. The third-order valence-corrected chi connectivity index (χ3v) is 10.4. The molecule has 6 atom stereocenters. The van der Waals surface area contributed by atoms with Crippen LogP contribution >= 0.6 is 23.5 Å². The number of carboxylic acid groups (broad SMARTS) is 1. The van der Waals surface area contributed by atoms with Crippen molar-refractivity contribution < 1.29 is 19.4 Å². The lowest BCUT2D eigenvalue weighted by atomic mass is 9.65. The van der Waals surface area contributed by atoms with Crippen molar-refractivity contribution in [3.05, 3.63) is 69.8 Å². The summed E-state index contributed by atoms with van der Waals surface area (Å²) in [5.74, 6) is 3.00. The van der Waals surface area contributed by atoms with Crippen LogP contribution in [-0.2, 0) is 11.2 Å². The van der Waals surface area contributed by atoms with Crippen LogP contribution in [0.25, 0.3) is 0 Å². The first-order valence-corrected chi connectivity index (χ1v) is 16.3. The highest BCUT2D eigenvalue weighted by Crippen LogP contribution is 2.47. The zero-order chi connectivity index (χ0) is 29.1. The van der Waals surface area contributed by atoms with Gasteiger partial charge in [0.25, 0.3) is 0 Å². The van der Waals surface area contributed by atoms with Gasteiger partial charge in [-0.2, -0.15) is 0 Å². The van der Waals surface area contributed by atoms with Crippen LogP contribution in [0.15, 0.2) is 48.0 Å². The van der Waals surface area contributed by atoms with Crippen LogP contribution in [0.4, 0.5) is 5.69 Å². The van der Waals surface area contributed by atoms with Crippen molar-refractivity contribution >= 4 is 35.2 Å². The van der Waals surface area contributed by atoms with E-state index in [4.69, 9.17) is 26.2 Å². The first-order chi connectivity index (χ1) is 19.8. The molecular weight excluding hydrogens is 556 g/mol. The lowest BCUT2D eigenvalue weighted by Gasteiger charge is -2.47. The number of aryl methyl sites for hydroxylation is 1. The van der Waals surface area contributed by atoms with Crippen LogP contribution in [0.2, 0.25) is 5.02 Å². The monoisotopic (exact) mass is 598 g/mol. The second-order valence-corrected chi connectivity index (χ2v) is 13.2. The van der Waals surface area contributed by atoms with Gasteiger partial charge in [-0.05, 0) is 96.4 Å². The summed E-state index contributed by atoms with van der Waals surface area (Å²) in [7, 11) is 1.84. The van der Waals surface area contributed by atoms with Crippen LogP contribution in [0, 0.1) is 23.7 Å². The van der Waals surface area contributed by atoms with Crippen LogP contribution in [0.3, 0.4) is 0 Å². The lowest BCUT2D eigenvalue weighted by molar-refractivity contribution is -0.0000253. The molecule has 5 rings (SSSR count). The number of hydrogen-bond donors (Lipinski definition) is 2. The Morgan fingerprint density at radius 1 is 1.27 bits per heavy atom. The summed E-state index contributed by atoms with van der Waals surface area (Å²) in [5.41, 5.74) is 5.11. The zero-order valence-corrected chi connectivity index (χ0v) is 25.9. The maximum Gasteiger partial charge on any atom is 0.335 e. The van der Waals surface area contributed by atoms with E-state index in [1.54, 1.807) is 12.1 Å². The number of methoxy groups -OCH3 is 1. The number of halogens is 1. The fraction of sp³-hybridized carbons (Fsp3) is 0.545. The normalized spacial score (nSPS) is 25.1. The number of nitrogens with zero attached hydrogens (tertiary/aromatic N) is 1. The van der Waals surface area contributed by atoms with Crippen LogP contribution in [-0.4, -0.2) is 49.7 Å².